The third-order valence-corrected chi connectivity index (χ3v) is 4.98. The molecule has 2 aromatic carbocycles. The number of carbonyl (C=O) groups is 2. The van der Waals surface area contributed by atoms with Gasteiger partial charge in [-0.05, 0) is 48.7 Å². The first-order valence-corrected chi connectivity index (χ1v) is 9.25. The molecule has 1 aliphatic heterocycles. The molecule has 1 atom stereocenters. The van der Waals surface area contributed by atoms with Crippen LogP contribution >= 0.6 is 0 Å². The smallest absolute Gasteiger partial charge is 0.287 e. The zero-order valence-corrected chi connectivity index (χ0v) is 15.8. The Labute approximate surface area is 163 Å². The summed E-state index contributed by atoms with van der Waals surface area (Å²) in [7, 11) is 0. The van der Waals surface area contributed by atoms with Crippen molar-refractivity contribution in [3.63, 3.8) is 0 Å². The summed E-state index contributed by atoms with van der Waals surface area (Å²) in [4.78, 5) is 24.1. The van der Waals surface area contributed by atoms with E-state index in [-0.39, 0.29) is 17.8 Å². The molecule has 142 valence electrons. The average Bonchev–Trinajstić information content (AvgIpc) is 3.31. The number of aryl methyl sites for hydroxylation is 1. The van der Waals surface area contributed by atoms with Gasteiger partial charge in [-0.2, -0.15) is 0 Å². The molecule has 0 saturated heterocycles. The number of ketones is 1. The molecule has 1 aliphatic rings. The molecule has 0 radical (unpaired) electrons. The van der Waals surface area contributed by atoms with Gasteiger partial charge in [-0.1, -0.05) is 30.3 Å². The van der Waals surface area contributed by atoms with Crippen LogP contribution in [0.5, 0.6) is 5.75 Å². The van der Waals surface area contributed by atoms with E-state index in [4.69, 9.17) is 9.15 Å². The van der Waals surface area contributed by atoms with E-state index in [9.17, 15) is 9.59 Å². The lowest BCUT2D eigenvalue weighted by molar-refractivity contribution is 0.0904. The van der Waals surface area contributed by atoms with Gasteiger partial charge in [0.1, 0.15) is 11.9 Å². The van der Waals surface area contributed by atoms with Gasteiger partial charge in [0.05, 0.1) is 12.8 Å². The summed E-state index contributed by atoms with van der Waals surface area (Å²) in [6.45, 7) is 3.81. The van der Waals surface area contributed by atoms with Crippen molar-refractivity contribution in [1.29, 1.82) is 0 Å². The molecule has 4 rings (SSSR count). The summed E-state index contributed by atoms with van der Waals surface area (Å²) >= 11 is 0. The Balaban J connectivity index is 1.47. The molecule has 0 unspecified atom stereocenters. The molecule has 3 aromatic rings. The molecule has 1 N–H and O–H groups in total. The fourth-order valence-electron chi connectivity index (χ4n) is 3.54. The lowest BCUT2D eigenvalue weighted by Crippen LogP contribution is -2.34. The summed E-state index contributed by atoms with van der Waals surface area (Å²) in [5.41, 5.74) is 4.50. The van der Waals surface area contributed by atoms with Crippen LogP contribution in [0.2, 0.25) is 0 Å². The fraction of sp³-hybridized carbons (Fsp3) is 0.217. The number of ether oxygens (including phenoxy) is 1. The second-order valence-electron chi connectivity index (χ2n) is 7.01. The van der Waals surface area contributed by atoms with E-state index in [0.717, 1.165) is 28.0 Å². The topological polar surface area (TPSA) is 68.5 Å². The molecule has 1 aromatic heterocycles. The molecular formula is C23H21NO4. The van der Waals surface area contributed by atoms with Gasteiger partial charge >= 0.3 is 0 Å². The molecule has 28 heavy (non-hydrogen) atoms. The number of furan rings is 1. The van der Waals surface area contributed by atoms with Crippen molar-refractivity contribution in [3.8, 4) is 16.9 Å². The molecule has 5 heteroatoms. The Morgan fingerprint density at radius 1 is 1.14 bits per heavy atom. The maximum absolute atomic E-state index is 12.2. The van der Waals surface area contributed by atoms with E-state index in [2.05, 4.69) is 11.4 Å². The maximum Gasteiger partial charge on any atom is 0.287 e. The fourth-order valence-corrected chi connectivity index (χ4v) is 3.54. The summed E-state index contributed by atoms with van der Waals surface area (Å²) < 4.78 is 11.2. The predicted molar refractivity (Wildman–Crippen MR) is 106 cm³/mol. The van der Waals surface area contributed by atoms with Gasteiger partial charge in [0, 0.05) is 17.5 Å². The second-order valence-corrected chi connectivity index (χ2v) is 7.01. The molecule has 0 aliphatic carbocycles. The minimum absolute atomic E-state index is 0.0427. The van der Waals surface area contributed by atoms with Crippen LogP contribution in [0.4, 0.5) is 0 Å². The van der Waals surface area contributed by atoms with Crippen LogP contribution in [0.25, 0.3) is 11.1 Å². The SMILES string of the molecule is CC(=O)c1ccccc1-c1ccc2c(c1)C[C@@H](CNC(=O)c1occc1C)O2. The number of rotatable bonds is 5. The zero-order chi connectivity index (χ0) is 19.7. The highest BCUT2D eigenvalue weighted by molar-refractivity contribution is 6.00. The van der Waals surface area contributed by atoms with Crippen molar-refractivity contribution in [2.24, 2.45) is 0 Å². The first-order chi connectivity index (χ1) is 13.5. The number of amides is 1. The van der Waals surface area contributed by atoms with E-state index >= 15 is 0 Å². The number of carbonyl (C=O) groups excluding carboxylic acids is 2. The van der Waals surface area contributed by atoms with Crippen LogP contribution in [0.1, 0.15) is 39.0 Å². The van der Waals surface area contributed by atoms with Crippen molar-refractivity contribution >= 4 is 11.7 Å². The molecule has 0 spiro atoms. The van der Waals surface area contributed by atoms with E-state index in [1.54, 1.807) is 13.0 Å². The van der Waals surface area contributed by atoms with Gasteiger partial charge in [0.2, 0.25) is 0 Å². The summed E-state index contributed by atoms with van der Waals surface area (Å²) in [6, 6.07) is 15.3. The van der Waals surface area contributed by atoms with E-state index in [0.29, 0.717) is 24.3 Å². The molecule has 0 bridgehead atoms. The Morgan fingerprint density at radius 2 is 1.96 bits per heavy atom. The maximum atomic E-state index is 12.2. The molecular weight excluding hydrogens is 354 g/mol. The van der Waals surface area contributed by atoms with Crippen molar-refractivity contribution in [1.82, 2.24) is 5.32 Å². The largest absolute Gasteiger partial charge is 0.488 e. The number of nitrogens with one attached hydrogen (secondary N) is 1. The van der Waals surface area contributed by atoms with Gasteiger partial charge in [-0.3, -0.25) is 9.59 Å². The van der Waals surface area contributed by atoms with Crippen LogP contribution in [0.3, 0.4) is 0 Å². The molecule has 0 saturated carbocycles. The first kappa shape index (κ1) is 18.0. The van der Waals surface area contributed by atoms with E-state index < -0.39 is 0 Å². The molecule has 0 fully saturated rings. The Kier molecular flexibility index (Phi) is 4.74. The Hall–Kier alpha value is -3.34. The van der Waals surface area contributed by atoms with Crippen LogP contribution in [0.15, 0.2) is 59.2 Å². The number of benzene rings is 2. The normalized spacial score (nSPS) is 15.0. The Morgan fingerprint density at radius 3 is 2.71 bits per heavy atom. The van der Waals surface area contributed by atoms with Crippen molar-refractivity contribution in [3.05, 3.63) is 77.2 Å². The lowest BCUT2D eigenvalue weighted by atomic mass is 9.95. The summed E-state index contributed by atoms with van der Waals surface area (Å²) in [6.07, 6.45) is 2.07. The van der Waals surface area contributed by atoms with Crippen LogP contribution in [-0.2, 0) is 6.42 Å². The van der Waals surface area contributed by atoms with Gasteiger partial charge in [0.25, 0.3) is 5.91 Å². The second kappa shape index (κ2) is 7.35. The van der Waals surface area contributed by atoms with E-state index in [1.165, 1.54) is 6.26 Å². The highest BCUT2D eigenvalue weighted by Crippen LogP contribution is 2.34. The highest BCUT2D eigenvalue weighted by Gasteiger charge is 2.25. The third-order valence-electron chi connectivity index (χ3n) is 4.98. The lowest BCUT2D eigenvalue weighted by Gasteiger charge is -2.11. The average molecular weight is 375 g/mol. The standard InChI is InChI=1S/C23H21NO4/c1-14-9-10-27-22(14)23(26)24-13-18-12-17-11-16(7-8-21(17)28-18)20-6-4-3-5-19(20)15(2)25/h3-11,18H,12-13H2,1-2H3,(H,24,26)/t18-/m0/s1. The van der Waals surface area contributed by atoms with Crippen molar-refractivity contribution in [2.45, 2.75) is 26.4 Å². The molecule has 1 amide bonds. The van der Waals surface area contributed by atoms with Gasteiger partial charge in [0.15, 0.2) is 11.5 Å². The first-order valence-electron chi connectivity index (χ1n) is 9.25. The molecule has 2 heterocycles. The minimum atomic E-state index is -0.238. The predicted octanol–water partition coefficient (Wildman–Crippen LogP) is 4.19. The third kappa shape index (κ3) is 3.43. The quantitative estimate of drug-likeness (QED) is 0.679. The number of hydrogen-bond donors (Lipinski definition) is 1. The number of Topliss-reactive ketones (excluding diaryl/α,β-unsaturated/α-hetero) is 1. The van der Waals surface area contributed by atoms with Gasteiger partial charge in [-0.25, -0.2) is 0 Å². The van der Waals surface area contributed by atoms with Gasteiger partial charge in [-0.15, -0.1) is 0 Å². The van der Waals surface area contributed by atoms with Crippen LogP contribution in [-0.4, -0.2) is 24.3 Å². The monoisotopic (exact) mass is 375 g/mol. The summed E-state index contributed by atoms with van der Waals surface area (Å²) in [5.74, 6) is 0.954. The Bertz CT molecular complexity index is 1050. The minimum Gasteiger partial charge on any atom is -0.488 e. The molecule has 5 nitrogen and oxygen atoms in total. The van der Waals surface area contributed by atoms with Crippen LogP contribution < -0.4 is 10.1 Å². The van der Waals surface area contributed by atoms with Gasteiger partial charge < -0.3 is 14.5 Å². The van der Waals surface area contributed by atoms with Crippen molar-refractivity contribution < 1.29 is 18.7 Å². The highest BCUT2D eigenvalue weighted by atomic mass is 16.5. The number of fused-ring (bicyclic) bond motifs is 1. The van der Waals surface area contributed by atoms with Crippen molar-refractivity contribution in [2.75, 3.05) is 6.54 Å². The van der Waals surface area contributed by atoms with E-state index in [1.807, 2.05) is 43.3 Å². The number of hydrogen-bond acceptors (Lipinski definition) is 4. The summed E-state index contributed by atoms with van der Waals surface area (Å²) in [5, 5.41) is 2.87. The zero-order valence-electron chi connectivity index (χ0n) is 15.8. The van der Waals surface area contributed by atoms with Crippen LogP contribution in [0, 0.1) is 6.92 Å².